The minimum atomic E-state index is -5.11. The van der Waals surface area contributed by atoms with E-state index in [1.165, 1.54) is 4.90 Å². The number of nitrogen functional groups attached to an aromatic ring is 1. The van der Waals surface area contributed by atoms with Crippen molar-refractivity contribution in [2.24, 2.45) is 0 Å². The van der Waals surface area contributed by atoms with E-state index < -0.39 is 62.7 Å². The van der Waals surface area contributed by atoms with Gasteiger partial charge in [0.1, 0.15) is 17.4 Å². The van der Waals surface area contributed by atoms with Gasteiger partial charge < -0.3 is 20.3 Å². The van der Waals surface area contributed by atoms with Crippen molar-refractivity contribution in [2.45, 2.75) is 45.5 Å². The van der Waals surface area contributed by atoms with Crippen LogP contribution in [0.5, 0.6) is 0 Å². The lowest BCUT2D eigenvalue weighted by atomic mass is 9.98. The Morgan fingerprint density at radius 2 is 1.79 bits per heavy atom. The van der Waals surface area contributed by atoms with Crippen molar-refractivity contribution in [3.05, 3.63) is 50.2 Å². The monoisotopic (exact) mass is 590 g/mol. The highest BCUT2D eigenvalue weighted by molar-refractivity contribution is 6.37. The van der Waals surface area contributed by atoms with Gasteiger partial charge in [0.2, 0.25) is 0 Å². The number of carbonyl (C=O) groups excluding carboxylic acids is 1. The Morgan fingerprint density at radius 1 is 1.13 bits per heavy atom. The molecule has 3 heterocycles. The molecule has 1 aliphatic heterocycles. The van der Waals surface area contributed by atoms with Crippen molar-refractivity contribution in [1.82, 2.24) is 19.5 Å². The highest BCUT2D eigenvalue weighted by Gasteiger charge is 2.39. The molecule has 1 amide bonds. The lowest BCUT2D eigenvalue weighted by molar-refractivity contribution is -0.137. The molecule has 1 aromatic carbocycles. The SMILES string of the molecule is C[C@H]1CN(C(=O)OC(C)(C)C)CCN1c1ncnn2c(=O)c(-c3c(N)c(Cl)cc(Cl)c3F)c(C(F)(F)F)cc12. The molecule has 210 valence electrons. The van der Waals surface area contributed by atoms with Crippen LogP contribution < -0.4 is 16.2 Å². The molecule has 0 unspecified atom stereocenters. The highest BCUT2D eigenvalue weighted by Crippen LogP contribution is 2.43. The summed E-state index contributed by atoms with van der Waals surface area (Å²) >= 11 is 11.8. The number of benzene rings is 1. The zero-order chi connectivity index (χ0) is 29.0. The number of pyridine rings is 1. The number of hydrogen-bond acceptors (Lipinski definition) is 7. The largest absolute Gasteiger partial charge is 0.444 e. The summed E-state index contributed by atoms with van der Waals surface area (Å²) in [4.78, 5) is 33.3. The minimum absolute atomic E-state index is 0.0214. The predicted octanol–water partition coefficient (Wildman–Crippen LogP) is 5.25. The van der Waals surface area contributed by atoms with Gasteiger partial charge in [-0.15, -0.1) is 0 Å². The Hall–Kier alpha value is -3.32. The summed E-state index contributed by atoms with van der Waals surface area (Å²) in [6, 6.07) is 1.17. The van der Waals surface area contributed by atoms with Crippen LogP contribution in [0.2, 0.25) is 10.0 Å². The number of rotatable bonds is 2. The zero-order valence-corrected chi connectivity index (χ0v) is 22.7. The van der Waals surface area contributed by atoms with Crippen LogP contribution in [0, 0.1) is 5.82 Å². The molecule has 1 aliphatic rings. The molecule has 2 aromatic heterocycles. The summed E-state index contributed by atoms with van der Waals surface area (Å²) < 4.78 is 64.2. The van der Waals surface area contributed by atoms with E-state index in [1.54, 1.807) is 32.6 Å². The number of fused-ring (bicyclic) bond motifs is 1. The zero-order valence-electron chi connectivity index (χ0n) is 21.2. The summed E-state index contributed by atoms with van der Waals surface area (Å²) in [5, 5.41) is 2.91. The van der Waals surface area contributed by atoms with Gasteiger partial charge >= 0.3 is 12.3 Å². The molecule has 1 atom stereocenters. The number of nitrogens with zero attached hydrogens (tertiary/aromatic N) is 5. The molecule has 15 heteroatoms. The molecular formula is C24H24Cl2F4N6O3. The van der Waals surface area contributed by atoms with Crippen LogP contribution in [0.1, 0.15) is 33.3 Å². The molecule has 3 aromatic rings. The van der Waals surface area contributed by atoms with Gasteiger partial charge in [-0.05, 0) is 39.8 Å². The van der Waals surface area contributed by atoms with Crippen LogP contribution in [0.15, 0.2) is 23.3 Å². The van der Waals surface area contributed by atoms with Gasteiger partial charge in [0.05, 0.1) is 26.9 Å². The van der Waals surface area contributed by atoms with E-state index in [0.717, 1.165) is 12.4 Å². The van der Waals surface area contributed by atoms with Gasteiger partial charge in [-0.25, -0.2) is 14.2 Å². The van der Waals surface area contributed by atoms with Crippen LogP contribution in [0.4, 0.5) is 33.9 Å². The average Bonchev–Trinajstić information content (AvgIpc) is 2.82. The number of piperazine rings is 1. The molecule has 1 fully saturated rings. The first kappa shape index (κ1) is 28.7. The van der Waals surface area contributed by atoms with Gasteiger partial charge in [0, 0.05) is 31.2 Å². The van der Waals surface area contributed by atoms with Crippen molar-refractivity contribution < 1.29 is 27.1 Å². The van der Waals surface area contributed by atoms with E-state index in [2.05, 4.69) is 10.1 Å². The Kier molecular flexibility index (Phi) is 7.36. The van der Waals surface area contributed by atoms with Gasteiger partial charge in [-0.2, -0.15) is 22.8 Å². The average molecular weight is 591 g/mol. The number of halogens is 6. The van der Waals surface area contributed by atoms with E-state index in [1.807, 2.05) is 0 Å². The normalized spacial score (nSPS) is 16.6. The quantitative estimate of drug-likeness (QED) is 0.247. The number of amides is 1. The number of anilines is 2. The first-order valence-corrected chi connectivity index (χ1v) is 12.4. The molecule has 0 saturated carbocycles. The smallest absolute Gasteiger partial charge is 0.417 e. The molecule has 0 radical (unpaired) electrons. The Bertz CT molecular complexity index is 1500. The fourth-order valence-corrected chi connectivity index (χ4v) is 4.84. The van der Waals surface area contributed by atoms with Crippen molar-refractivity contribution in [3.63, 3.8) is 0 Å². The molecule has 2 N–H and O–H groups in total. The van der Waals surface area contributed by atoms with E-state index in [0.29, 0.717) is 10.6 Å². The molecule has 0 aliphatic carbocycles. The predicted molar refractivity (Wildman–Crippen MR) is 139 cm³/mol. The van der Waals surface area contributed by atoms with Crippen LogP contribution >= 0.6 is 23.2 Å². The van der Waals surface area contributed by atoms with Crippen molar-refractivity contribution in [2.75, 3.05) is 30.3 Å². The molecule has 1 saturated heterocycles. The molecule has 0 bridgehead atoms. The van der Waals surface area contributed by atoms with Gasteiger partial charge in [-0.3, -0.25) is 4.79 Å². The molecule has 0 spiro atoms. The number of carbonyl (C=O) groups is 1. The van der Waals surface area contributed by atoms with Crippen LogP contribution in [0.25, 0.3) is 16.6 Å². The third-order valence-corrected chi connectivity index (χ3v) is 6.66. The second kappa shape index (κ2) is 10.0. The van der Waals surface area contributed by atoms with E-state index in [4.69, 9.17) is 33.7 Å². The maximum absolute atomic E-state index is 15.0. The minimum Gasteiger partial charge on any atom is -0.444 e. The Labute approximate surface area is 230 Å². The molecular weight excluding hydrogens is 567 g/mol. The van der Waals surface area contributed by atoms with E-state index >= 15 is 4.39 Å². The number of aromatic nitrogens is 3. The van der Waals surface area contributed by atoms with Crippen LogP contribution in [-0.2, 0) is 10.9 Å². The lowest BCUT2D eigenvalue weighted by Crippen LogP contribution is -2.55. The summed E-state index contributed by atoms with van der Waals surface area (Å²) in [7, 11) is 0. The fourth-order valence-electron chi connectivity index (χ4n) is 4.38. The number of hydrogen-bond donors (Lipinski definition) is 1. The summed E-state index contributed by atoms with van der Waals surface area (Å²) in [6.07, 6.45) is -4.63. The third-order valence-electron chi connectivity index (χ3n) is 6.08. The maximum Gasteiger partial charge on any atom is 0.417 e. The second-order valence-corrected chi connectivity index (χ2v) is 10.8. The van der Waals surface area contributed by atoms with Crippen molar-refractivity contribution >= 4 is 46.3 Å². The number of alkyl halides is 3. The van der Waals surface area contributed by atoms with Crippen molar-refractivity contribution in [1.29, 1.82) is 0 Å². The summed E-state index contributed by atoms with van der Waals surface area (Å²) in [5.74, 6) is -1.31. The fraction of sp³-hybridized carbons (Fsp3) is 0.417. The number of nitrogens with two attached hydrogens (primary N) is 1. The second-order valence-electron chi connectivity index (χ2n) is 10.0. The van der Waals surface area contributed by atoms with Crippen LogP contribution in [-0.4, -0.2) is 56.9 Å². The Morgan fingerprint density at radius 3 is 2.38 bits per heavy atom. The van der Waals surface area contributed by atoms with Gasteiger partial charge in [-0.1, -0.05) is 23.2 Å². The number of ether oxygens (including phenoxy) is 1. The third kappa shape index (κ3) is 5.42. The van der Waals surface area contributed by atoms with Gasteiger partial charge in [0.25, 0.3) is 5.56 Å². The summed E-state index contributed by atoms with van der Waals surface area (Å²) in [5.41, 5.74) is -0.471. The molecule has 4 rings (SSSR count). The van der Waals surface area contributed by atoms with Crippen LogP contribution in [0.3, 0.4) is 0 Å². The van der Waals surface area contributed by atoms with E-state index in [9.17, 15) is 22.8 Å². The lowest BCUT2D eigenvalue weighted by Gasteiger charge is -2.41. The summed E-state index contributed by atoms with van der Waals surface area (Å²) in [6.45, 7) is 7.50. The highest BCUT2D eigenvalue weighted by atomic mass is 35.5. The molecule has 9 nitrogen and oxygen atoms in total. The first-order valence-electron chi connectivity index (χ1n) is 11.7. The van der Waals surface area contributed by atoms with E-state index in [-0.39, 0.29) is 36.0 Å². The topological polar surface area (TPSA) is 106 Å². The standard InChI is InChI=1S/C24H24Cl2F4N6O3/c1-11-9-34(22(38)39-23(2,3)4)5-6-35(11)20-15-7-12(24(28,29)30)16(21(37)36(15)33-10-32-20)17-18(27)13(25)8-14(26)19(17)31/h7-8,10-11H,5-6,9,31H2,1-4H3/t11-/m0/s1. The van der Waals surface area contributed by atoms with Crippen molar-refractivity contribution in [3.8, 4) is 11.1 Å². The molecule has 39 heavy (non-hydrogen) atoms. The van der Waals surface area contributed by atoms with Gasteiger partial charge in [0.15, 0.2) is 11.6 Å². The Balaban J connectivity index is 1.87. The first-order chi connectivity index (χ1) is 18.0. The maximum atomic E-state index is 15.0.